The predicted molar refractivity (Wildman–Crippen MR) is 78.8 cm³/mol. The van der Waals surface area contributed by atoms with Gasteiger partial charge in [-0.1, -0.05) is 13.8 Å². The van der Waals surface area contributed by atoms with Crippen molar-refractivity contribution in [1.82, 2.24) is 14.2 Å². The van der Waals surface area contributed by atoms with Gasteiger partial charge in [-0.15, -0.1) is 0 Å². The SMILES string of the molecule is CC(C)C(CN(C)C)NS(=O)(=O)c1cc(CO)n(C)c1. The van der Waals surface area contributed by atoms with E-state index in [0.29, 0.717) is 12.2 Å². The van der Waals surface area contributed by atoms with Gasteiger partial charge >= 0.3 is 0 Å². The minimum absolute atomic E-state index is 0.159. The van der Waals surface area contributed by atoms with Crippen LogP contribution in [0.4, 0.5) is 0 Å². The highest BCUT2D eigenvalue weighted by Crippen LogP contribution is 2.15. The highest BCUT2D eigenvalue weighted by molar-refractivity contribution is 7.89. The molecule has 1 aromatic heterocycles. The molecule has 0 saturated heterocycles. The third-order valence-corrected chi connectivity index (χ3v) is 4.69. The molecule has 0 aliphatic carbocycles. The number of hydrogen-bond donors (Lipinski definition) is 2. The molecule has 0 spiro atoms. The molecule has 0 fully saturated rings. The Morgan fingerprint density at radius 3 is 2.40 bits per heavy atom. The summed E-state index contributed by atoms with van der Waals surface area (Å²) < 4.78 is 29.1. The van der Waals surface area contributed by atoms with E-state index in [9.17, 15) is 8.42 Å². The molecule has 0 aliphatic rings. The molecule has 0 saturated carbocycles. The molecule has 1 aromatic rings. The van der Waals surface area contributed by atoms with Crippen molar-refractivity contribution >= 4 is 10.0 Å². The van der Waals surface area contributed by atoms with E-state index >= 15 is 0 Å². The molecular formula is C13H25N3O3S. The molecule has 0 aromatic carbocycles. The van der Waals surface area contributed by atoms with Crippen LogP contribution in [0.2, 0.25) is 0 Å². The zero-order valence-corrected chi connectivity index (χ0v) is 13.6. The molecule has 0 radical (unpaired) electrons. The lowest BCUT2D eigenvalue weighted by Gasteiger charge is -2.25. The van der Waals surface area contributed by atoms with Crippen LogP contribution in [0.1, 0.15) is 19.5 Å². The fourth-order valence-electron chi connectivity index (χ4n) is 1.93. The molecule has 0 aliphatic heterocycles. The molecule has 0 amide bonds. The second kappa shape index (κ2) is 6.71. The second-order valence-electron chi connectivity index (χ2n) is 5.67. The van der Waals surface area contributed by atoms with E-state index in [-0.39, 0.29) is 23.5 Å². The molecule has 0 bridgehead atoms. The number of aliphatic hydroxyl groups excluding tert-OH is 1. The Balaban J connectivity index is 2.97. The normalized spacial score (nSPS) is 14.2. The van der Waals surface area contributed by atoms with Crippen molar-refractivity contribution in [1.29, 1.82) is 0 Å². The highest BCUT2D eigenvalue weighted by atomic mass is 32.2. The number of nitrogens with one attached hydrogen (secondary N) is 1. The monoisotopic (exact) mass is 303 g/mol. The van der Waals surface area contributed by atoms with Crippen LogP contribution >= 0.6 is 0 Å². The van der Waals surface area contributed by atoms with Crippen LogP contribution in [0.3, 0.4) is 0 Å². The number of hydrogen-bond acceptors (Lipinski definition) is 4. The van der Waals surface area contributed by atoms with Gasteiger partial charge in [0, 0.05) is 31.5 Å². The van der Waals surface area contributed by atoms with Crippen molar-refractivity contribution in [3.8, 4) is 0 Å². The predicted octanol–water partition coefficient (Wildman–Crippen LogP) is 0.382. The number of rotatable bonds is 7. The van der Waals surface area contributed by atoms with Gasteiger partial charge < -0.3 is 14.6 Å². The van der Waals surface area contributed by atoms with Gasteiger partial charge in [-0.05, 0) is 26.1 Å². The quantitative estimate of drug-likeness (QED) is 0.764. The van der Waals surface area contributed by atoms with Crippen molar-refractivity contribution < 1.29 is 13.5 Å². The number of nitrogens with zero attached hydrogens (tertiary/aromatic N) is 2. The fraction of sp³-hybridized carbons (Fsp3) is 0.692. The number of aromatic nitrogens is 1. The van der Waals surface area contributed by atoms with Crippen LogP contribution < -0.4 is 4.72 Å². The third kappa shape index (κ3) is 4.31. The average molecular weight is 303 g/mol. The summed E-state index contributed by atoms with van der Waals surface area (Å²) in [5, 5.41) is 9.14. The van der Waals surface area contributed by atoms with Gasteiger partial charge in [0.2, 0.25) is 10.0 Å². The lowest BCUT2D eigenvalue weighted by molar-refractivity contribution is 0.272. The molecule has 6 nitrogen and oxygen atoms in total. The van der Waals surface area contributed by atoms with Gasteiger partial charge in [-0.25, -0.2) is 13.1 Å². The van der Waals surface area contributed by atoms with E-state index in [0.717, 1.165) is 0 Å². The maximum absolute atomic E-state index is 12.4. The van der Waals surface area contributed by atoms with Crippen molar-refractivity contribution in [2.75, 3.05) is 20.6 Å². The largest absolute Gasteiger partial charge is 0.390 e. The number of aliphatic hydroxyl groups is 1. The lowest BCUT2D eigenvalue weighted by Crippen LogP contribution is -2.44. The van der Waals surface area contributed by atoms with Crippen LogP contribution in [0, 0.1) is 5.92 Å². The zero-order valence-electron chi connectivity index (χ0n) is 12.8. The Kier molecular flexibility index (Phi) is 5.76. The van der Waals surface area contributed by atoms with Crippen molar-refractivity contribution in [3.05, 3.63) is 18.0 Å². The number of sulfonamides is 1. The summed E-state index contributed by atoms with van der Waals surface area (Å²) in [4.78, 5) is 2.14. The highest BCUT2D eigenvalue weighted by Gasteiger charge is 2.24. The van der Waals surface area contributed by atoms with Crippen molar-refractivity contribution in [3.63, 3.8) is 0 Å². The summed E-state index contributed by atoms with van der Waals surface area (Å²) in [6.45, 7) is 4.43. The average Bonchev–Trinajstić information content (AvgIpc) is 2.69. The Morgan fingerprint density at radius 1 is 1.40 bits per heavy atom. The van der Waals surface area contributed by atoms with E-state index in [4.69, 9.17) is 5.11 Å². The summed E-state index contributed by atoms with van der Waals surface area (Å²) in [6, 6.07) is 1.34. The molecule has 20 heavy (non-hydrogen) atoms. The fourth-order valence-corrected chi connectivity index (χ4v) is 3.40. The Labute approximate surface area is 121 Å². The van der Waals surface area contributed by atoms with Gasteiger partial charge in [0.1, 0.15) is 0 Å². The van der Waals surface area contributed by atoms with E-state index in [1.807, 2.05) is 32.8 Å². The number of aryl methyl sites for hydroxylation is 1. The smallest absolute Gasteiger partial charge is 0.242 e. The molecule has 1 rings (SSSR count). The van der Waals surface area contributed by atoms with E-state index in [2.05, 4.69) is 4.72 Å². The first-order valence-electron chi connectivity index (χ1n) is 6.60. The maximum Gasteiger partial charge on any atom is 0.242 e. The van der Waals surface area contributed by atoms with Crippen LogP contribution in [-0.4, -0.2) is 49.7 Å². The van der Waals surface area contributed by atoms with Crippen LogP contribution in [0.15, 0.2) is 17.2 Å². The van der Waals surface area contributed by atoms with Crippen LogP contribution in [0.25, 0.3) is 0 Å². The summed E-state index contributed by atoms with van der Waals surface area (Å²) in [5.41, 5.74) is 0.569. The Hall–Kier alpha value is -0.890. The molecular weight excluding hydrogens is 278 g/mol. The van der Waals surface area contributed by atoms with Crippen molar-refractivity contribution in [2.24, 2.45) is 13.0 Å². The van der Waals surface area contributed by atoms with Crippen molar-refractivity contribution in [2.45, 2.75) is 31.4 Å². The lowest BCUT2D eigenvalue weighted by atomic mass is 10.1. The minimum Gasteiger partial charge on any atom is -0.390 e. The maximum atomic E-state index is 12.4. The minimum atomic E-state index is -3.57. The molecule has 2 N–H and O–H groups in total. The van der Waals surface area contributed by atoms with Gasteiger partial charge in [-0.2, -0.15) is 0 Å². The van der Waals surface area contributed by atoms with Crippen LogP contribution in [0.5, 0.6) is 0 Å². The molecule has 7 heteroatoms. The van der Waals surface area contributed by atoms with Gasteiger partial charge in [0.05, 0.1) is 11.5 Å². The third-order valence-electron chi connectivity index (χ3n) is 3.23. The standard InChI is InChI=1S/C13H25N3O3S/c1-10(2)13(8-15(3)4)14-20(18,19)12-6-11(9-17)16(5)7-12/h6-7,10,13-14,17H,8-9H2,1-5H3. The van der Waals surface area contributed by atoms with Crippen LogP contribution in [-0.2, 0) is 23.7 Å². The zero-order chi connectivity index (χ0) is 15.5. The first-order valence-corrected chi connectivity index (χ1v) is 8.09. The van der Waals surface area contributed by atoms with Gasteiger partial charge in [0.25, 0.3) is 0 Å². The topological polar surface area (TPSA) is 74.6 Å². The summed E-state index contributed by atoms with van der Waals surface area (Å²) in [7, 11) is 1.97. The molecule has 1 unspecified atom stereocenters. The first kappa shape index (κ1) is 17.2. The summed E-state index contributed by atoms with van der Waals surface area (Å²) >= 11 is 0. The number of likely N-dealkylation sites (N-methyl/N-ethyl adjacent to an activating group) is 1. The molecule has 1 heterocycles. The van der Waals surface area contributed by atoms with E-state index in [1.54, 1.807) is 11.6 Å². The van der Waals surface area contributed by atoms with Gasteiger partial charge in [-0.3, -0.25) is 0 Å². The Bertz CT molecular complexity index is 535. The summed E-state index contributed by atoms with van der Waals surface area (Å²) in [5.74, 6) is 0.188. The summed E-state index contributed by atoms with van der Waals surface area (Å²) in [6.07, 6.45) is 1.51. The first-order chi connectivity index (χ1) is 9.17. The van der Waals surface area contributed by atoms with Gasteiger partial charge in [0.15, 0.2) is 0 Å². The van der Waals surface area contributed by atoms with E-state index in [1.165, 1.54) is 12.3 Å². The van der Waals surface area contributed by atoms with E-state index < -0.39 is 10.0 Å². The second-order valence-corrected chi connectivity index (χ2v) is 7.38. The Morgan fingerprint density at radius 2 is 2.00 bits per heavy atom. The molecule has 1 atom stereocenters. The molecule has 116 valence electrons.